The lowest BCUT2D eigenvalue weighted by Gasteiger charge is -2.42. The molecule has 0 aliphatic carbocycles. The zero-order valence-electron chi connectivity index (χ0n) is 9.89. The van der Waals surface area contributed by atoms with E-state index in [0.717, 1.165) is 12.8 Å². The molecule has 0 fully saturated rings. The second-order valence-electron chi connectivity index (χ2n) is 4.79. The summed E-state index contributed by atoms with van der Waals surface area (Å²) in [5.74, 6) is 0. The molecule has 0 rings (SSSR count). The highest BCUT2D eigenvalue weighted by molar-refractivity contribution is 6.35. The Morgan fingerprint density at radius 2 is 1.71 bits per heavy atom. The molecule has 0 aromatic heterocycles. The largest absolute Gasteiger partial charge is 0.494 e. The first-order valence-corrected chi connectivity index (χ1v) is 6.43. The molecule has 0 spiro atoms. The first-order chi connectivity index (χ1) is 6.29. The minimum atomic E-state index is -1.12. The van der Waals surface area contributed by atoms with Gasteiger partial charge in [0.25, 0.3) is 0 Å². The predicted octanol–water partition coefficient (Wildman–Crippen LogP) is 2.79. The van der Waals surface area contributed by atoms with Crippen LogP contribution in [0, 0.1) is 5.41 Å². The van der Waals surface area contributed by atoms with E-state index in [0.29, 0.717) is 0 Å². The van der Waals surface area contributed by atoms with E-state index in [2.05, 4.69) is 34.6 Å². The molecule has 0 atom stereocenters. The van der Waals surface area contributed by atoms with Gasteiger partial charge >= 0.3 is 6.16 Å². The molecule has 0 unspecified atom stereocenters. The third-order valence-electron chi connectivity index (χ3n) is 3.42. The number of hydrogen-bond donors (Lipinski definition) is 1. The summed E-state index contributed by atoms with van der Waals surface area (Å²) in [6.07, 6.45) is 0.867. The maximum absolute atomic E-state index is 10.4. The van der Waals surface area contributed by atoms with Crippen molar-refractivity contribution in [1.29, 1.82) is 0 Å². The summed E-state index contributed by atoms with van der Waals surface area (Å²) in [6, 6.07) is 0. The molecule has 1 N–H and O–H groups in total. The summed E-state index contributed by atoms with van der Waals surface area (Å²) in [6.45, 7) is 10.7. The van der Waals surface area contributed by atoms with Crippen molar-refractivity contribution < 1.29 is 14.3 Å². The van der Waals surface area contributed by atoms with Crippen molar-refractivity contribution in [2.75, 3.05) is 0 Å². The van der Waals surface area contributed by atoms with E-state index in [1.807, 2.05) is 0 Å². The van der Waals surface area contributed by atoms with E-state index in [9.17, 15) is 4.79 Å². The fraction of sp³-hybridized carbons (Fsp3) is 0.900. The third-order valence-corrected chi connectivity index (χ3v) is 6.42. The lowest BCUT2D eigenvalue weighted by molar-refractivity contribution is 0.137. The molecular weight excluding hydrogens is 196 g/mol. The van der Waals surface area contributed by atoms with Crippen LogP contribution in [0.1, 0.15) is 47.5 Å². The van der Waals surface area contributed by atoms with E-state index in [1.165, 1.54) is 0 Å². The predicted molar refractivity (Wildman–Crippen MR) is 60.4 cm³/mol. The molecule has 4 heteroatoms. The van der Waals surface area contributed by atoms with Gasteiger partial charge in [-0.25, -0.2) is 4.79 Å². The van der Waals surface area contributed by atoms with Gasteiger partial charge in [0.05, 0.1) is 0 Å². The monoisotopic (exact) mass is 218 g/mol. The highest BCUT2D eigenvalue weighted by atomic mass is 28.2. The van der Waals surface area contributed by atoms with Crippen molar-refractivity contribution in [1.82, 2.24) is 0 Å². The van der Waals surface area contributed by atoms with Crippen LogP contribution in [0.2, 0.25) is 5.04 Å². The molecule has 0 amide bonds. The summed E-state index contributed by atoms with van der Waals surface area (Å²) >= 11 is 0. The van der Waals surface area contributed by atoms with Crippen molar-refractivity contribution in [2.45, 2.75) is 52.5 Å². The zero-order chi connectivity index (χ0) is 11.4. The van der Waals surface area contributed by atoms with Crippen molar-refractivity contribution in [3.8, 4) is 0 Å². The quantitative estimate of drug-likeness (QED) is 0.738. The smallest absolute Gasteiger partial charge is 0.491 e. The van der Waals surface area contributed by atoms with Gasteiger partial charge in [0.1, 0.15) is 0 Å². The van der Waals surface area contributed by atoms with E-state index in [1.54, 1.807) is 0 Å². The number of carbonyl (C=O) groups is 1. The second kappa shape index (κ2) is 4.82. The molecule has 0 aliphatic heterocycles. The minimum absolute atomic E-state index is 0.0887. The van der Waals surface area contributed by atoms with Gasteiger partial charge in [0.15, 0.2) is 0 Å². The van der Waals surface area contributed by atoms with Crippen molar-refractivity contribution in [3.63, 3.8) is 0 Å². The van der Waals surface area contributed by atoms with Crippen LogP contribution in [0.25, 0.3) is 0 Å². The van der Waals surface area contributed by atoms with Crippen LogP contribution in [-0.2, 0) is 4.43 Å². The minimum Gasteiger partial charge on any atom is -0.494 e. The number of hydrogen-bond acceptors (Lipinski definition) is 2. The van der Waals surface area contributed by atoms with Crippen LogP contribution in [0.4, 0.5) is 4.79 Å². The maximum atomic E-state index is 10.4. The SMILES string of the molecule is CCC(CC)([SiH2]OC(=O)O)C(C)(C)C. The van der Waals surface area contributed by atoms with Crippen LogP contribution in [0.15, 0.2) is 0 Å². The lowest BCUT2D eigenvalue weighted by Crippen LogP contribution is -2.35. The summed E-state index contributed by atoms with van der Waals surface area (Å²) in [7, 11) is -1.03. The van der Waals surface area contributed by atoms with E-state index in [-0.39, 0.29) is 10.5 Å². The zero-order valence-corrected chi connectivity index (χ0v) is 11.3. The standard InChI is InChI=1S/C10H22O3Si/c1-6-10(7-2,9(3,4)5)14-13-8(11)12/h6-7,14H2,1-5H3,(H,11,12). The first kappa shape index (κ1) is 13.5. The molecule has 0 saturated heterocycles. The van der Waals surface area contributed by atoms with Crippen LogP contribution >= 0.6 is 0 Å². The molecule has 0 aliphatic rings. The van der Waals surface area contributed by atoms with Gasteiger partial charge in [-0.05, 0) is 23.3 Å². The lowest BCUT2D eigenvalue weighted by atomic mass is 9.76. The summed E-state index contributed by atoms with van der Waals surface area (Å²) in [4.78, 5) is 10.4. The second-order valence-corrected chi connectivity index (χ2v) is 6.72. The fourth-order valence-corrected chi connectivity index (χ4v) is 3.17. The van der Waals surface area contributed by atoms with Gasteiger partial charge in [-0.2, -0.15) is 0 Å². The normalized spacial score (nSPS) is 13.5. The highest BCUT2D eigenvalue weighted by Gasteiger charge is 2.40. The Morgan fingerprint density at radius 1 is 1.29 bits per heavy atom. The third kappa shape index (κ3) is 3.01. The number of carboxylic acid groups (broad SMARTS) is 1. The van der Waals surface area contributed by atoms with Crippen LogP contribution in [0.3, 0.4) is 0 Å². The van der Waals surface area contributed by atoms with Crippen LogP contribution in [-0.4, -0.2) is 21.0 Å². The van der Waals surface area contributed by atoms with Crippen LogP contribution < -0.4 is 0 Å². The Hall–Kier alpha value is -0.513. The Kier molecular flexibility index (Phi) is 4.64. The molecule has 0 radical (unpaired) electrons. The number of rotatable bonds is 4. The van der Waals surface area contributed by atoms with E-state index in [4.69, 9.17) is 9.53 Å². The first-order valence-electron chi connectivity index (χ1n) is 5.15. The average Bonchev–Trinajstić information content (AvgIpc) is 2.04. The molecule has 0 aromatic carbocycles. The molecule has 0 saturated carbocycles. The fourth-order valence-electron chi connectivity index (χ4n) is 1.93. The molecule has 0 heterocycles. The average molecular weight is 218 g/mol. The molecule has 14 heavy (non-hydrogen) atoms. The molecule has 0 bridgehead atoms. The molecular formula is C10H22O3Si. The Labute approximate surface area is 88.8 Å². The summed E-state index contributed by atoms with van der Waals surface area (Å²) < 4.78 is 4.87. The summed E-state index contributed by atoms with van der Waals surface area (Å²) in [5, 5.41) is 8.63. The maximum Gasteiger partial charge on any atom is 0.491 e. The van der Waals surface area contributed by atoms with Gasteiger partial charge in [-0.1, -0.05) is 34.6 Å². The van der Waals surface area contributed by atoms with Gasteiger partial charge < -0.3 is 9.53 Å². The topological polar surface area (TPSA) is 46.5 Å². The summed E-state index contributed by atoms with van der Waals surface area (Å²) in [5.41, 5.74) is 0.123. The Balaban J connectivity index is 4.63. The van der Waals surface area contributed by atoms with Gasteiger partial charge in [-0.15, -0.1) is 0 Å². The molecule has 3 nitrogen and oxygen atoms in total. The van der Waals surface area contributed by atoms with Crippen molar-refractivity contribution >= 4 is 15.9 Å². The van der Waals surface area contributed by atoms with E-state index >= 15 is 0 Å². The van der Waals surface area contributed by atoms with Crippen LogP contribution in [0.5, 0.6) is 0 Å². The highest BCUT2D eigenvalue weighted by Crippen LogP contribution is 2.50. The Morgan fingerprint density at radius 3 is 1.93 bits per heavy atom. The van der Waals surface area contributed by atoms with Crippen molar-refractivity contribution in [3.05, 3.63) is 0 Å². The van der Waals surface area contributed by atoms with Gasteiger partial charge in [0.2, 0.25) is 9.76 Å². The van der Waals surface area contributed by atoms with Gasteiger partial charge in [-0.3, -0.25) is 0 Å². The van der Waals surface area contributed by atoms with Crippen molar-refractivity contribution in [2.24, 2.45) is 5.41 Å². The molecule has 0 aromatic rings. The Bertz CT molecular complexity index is 192. The van der Waals surface area contributed by atoms with E-state index < -0.39 is 15.9 Å². The van der Waals surface area contributed by atoms with Gasteiger partial charge in [0, 0.05) is 0 Å². The molecule has 84 valence electrons.